The van der Waals surface area contributed by atoms with Crippen LogP contribution in [-0.4, -0.2) is 23.5 Å². The Bertz CT molecular complexity index is 445. The molecule has 0 bridgehead atoms. The number of amides is 1. The Labute approximate surface area is 108 Å². The van der Waals surface area contributed by atoms with Gasteiger partial charge in [-0.1, -0.05) is 13.0 Å². The van der Waals surface area contributed by atoms with E-state index in [4.69, 9.17) is 5.11 Å². The average molecular weight is 300 g/mol. The predicted molar refractivity (Wildman–Crippen MR) is 68.0 cm³/mol. The lowest BCUT2D eigenvalue weighted by Crippen LogP contribution is -2.31. The van der Waals surface area contributed by atoms with Crippen LogP contribution in [0.15, 0.2) is 22.7 Å². The number of benzene rings is 1. The number of halogens is 1. The molecule has 1 rings (SSSR count). The molecule has 1 atom stereocenters. The molecule has 4 nitrogen and oxygen atoms in total. The Balaban J connectivity index is 2.67. The van der Waals surface area contributed by atoms with E-state index in [1.54, 1.807) is 13.0 Å². The highest BCUT2D eigenvalue weighted by Crippen LogP contribution is 2.18. The van der Waals surface area contributed by atoms with E-state index in [9.17, 15) is 9.59 Å². The monoisotopic (exact) mass is 299 g/mol. The number of rotatable bonds is 4. The summed E-state index contributed by atoms with van der Waals surface area (Å²) in [4.78, 5) is 22.4. The fourth-order valence-corrected chi connectivity index (χ4v) is 1.91. The van der Waals surface area contributed by atoms with E-state index in [-0.39, 0.29) is 12.5 Å². The Kier molecular flexibility index (Phi) is 4.69. The maximum Gasteiger partial charge on any atom is 0.308 e. The third-order valence-corrected chi connectivity index (χ3v) is 3.02. The van der Waals surface area contributed by atoms with Crippen LogP contribution >= 0.6 is 15.9 Å². The summed E-state index contributed by atoms with van der Waals surface area (Å²) in [6.07, 6.45) is 0. The van der Waals surface area contributed by atoms with Crippen molar-refractivity contribution in [3.05, 3.63) is 33.8 Å². The SMILES string of the molecule is Cc1ccc(C(=O)NCC(C)C(=O)O)c(Br)c1. The van der Waals surface area contributed by atoms with E-state index in [1.165, 1.54) is 0 Å². The van der Waals surface area contributed by atoms with Gasteiger partial charge in [0, 0.05) is 11.0 Å². The molecule has 5 heteroatoms. The molecule has 0 aromatic heterocycles. The molecule has 1 unspecified atom stereocenters. The summed E-state index contributed by atoms with van der Waals surface area (Å²) >= 11 is 3.31. The van der Waals surface area contributed by atoms with Gasteiger partial charge in [-0.3, -0.25) is 9.59 Å². The minimum Gasteiger partial charge on any atom is -0.481 e. The zero-order chi connectivity index (χ0) is 13.0. The molecular weight excluding hydrogens is 286 g/mol. The fraction of sp³-hybridized carbons (Fsp3) is 0.333. The number of nitrogens with one attached hydrogen (secondary N) is 1. The zero-order valence-corrected chi connectivity index (χ0v) is 11.2. The standard InChI is InChI=1S/C12H14BrNO3/c1-7-3-4-9(10(13)5-7)11(15)14-6-8(2)12(16)17/h3-5,8H,6H2,1-2H3,(H,14,15)(H,16,17). The average Bonchev–Trinajstić information content (AvgIpc) is 2.25. The molecule has 0 fully saturated rings. The zero-order valence-electron chi connectivity index (χ0n) is 9.66. The molecule has 0 saturated carbocycles. The second kappa shape index (κ2) is 5.82. The molecule has 1 amide bonds. The van der Waals surface area contributed by atoms with Crippen LogP contribution in [-0.2, 0) is 4.79 Å². The largest absolute Gasteiger partial charge is 0.481 e. The van der Waals surface area contributed by atoms with Crippen LogP contribution in [0, 0.1) is 12.8 Å². The molecular formula is C12H14BrNO3. The van der Waals surface area contributed by atoms with Crippen LogP contribution < -0.4 is 5.32 Å². The fourth-order valence-electron chi connectivity index (χ4n) is 1.23. The van der Waals surface area contributed by atoms with E-state index in [2.05, 4.69) is 21.2 Å². The lowest BCUT2D eigenvalue weighted by atomic mass is 10.1. The van der Waals surface area contributed by atoms with Gasteiger partial charge in [-0.05, 0) is 40.5 Å². The van der Waals surface area contributed by atoms with Crippen LogP contribution in [0.4, 0.5) is 0 Å². The highest BCUT2D eigenvalue weighted by atomic mass is 79.9. The summed E-state index contributed by atoms with van der Waals surface area (Å²) in [6, 6.07) is 5.38. The van der Waals surface area contributed by atoms with Crippen molar-refractivity contribution >= 4 is 27.8 Å². The molecule has 1 aromatic carbocycles. The second-order valence-electron chi connectivity index (χ2n) is 3.93. The summed E-state index contributed by atoms with van der Waals surface area (Å²) < 4.78 is 0.706. The highest BCUT2D eigenvalue weighted by molar-refractivity contribution is 9.10. The maximum atomic E-state index is 11.8. The van der Waals surface area contributed by atoms with Crippen LogP contribution in [0.1, 0.15) is 22.8 Å². The van der Waals surface area contributed by atoms with Gasteiger partial charge < -0.3 is 10.4 Å². The molecule has 0 heterocycles. The Hall–Kier alpha value is -1.36. The second-order valence-corrected chi connectivity index (χ2v) is 4.79. The van der Waals surface area contributed by atoms with Crippen molar-refractivity contribution < 1.29 is 14.7 Å². The topological polar surface area (TPSA) is 66.4 Å². The minimum atomic E-state index is -0.923. The van der Waals surface area contributed by atoms with Crippen LogP contribution in [0.25, 0.3) is 0 Å². The Morgan fingerprint density at radius 1 is 1.47 bits per heavy atom. The third-order valence-electron chi connectivity index (χ3n) is 2.36. The summed E-state index contributed by atoms with van der Waals surface area (Å²) in [6.45, 7) is 3.60. The van der Waals surface area contributed by atoms with Crippen molar-refractivity contribution in [2.75, 3.05) is 6.54 Å². The van der Waals surface area contributed by atoms with Crippen molar-refractivity contribution in [3.8, 4) is 0 Å². The Morgan fingerprint density at radius 3 is 2.65 bits per heavy atom. The first-order chi connectivity index (χ1) is 7.91. The molecule has 0 aliphatic heterocycles. The quantitative estimate of drug-likeness (QED) is 0.896. The van der Waals surface area contributed by atoms with Gasteiger partial charge in [0.1, 0.15) is 0 Å². The number of hydrogen-bond acceptors (Lipinski definition) is 2. The smallest absolute Gasteiger partial charge is 0.308 e. The molecule has 0 spiro atoms. The number of hydrogen-bond donors (Lipinski definition) is 2. The molecule has 0 radical (unpaired) electrons. The highest BCUT2D eigenvalue weighted by Gasteiger charge is 2.14. The number of carbonyl (C=O) groups is 2. The molecule has 0 aliphatic rings. The molecule has 92 valence electrons. The van der Waals surface area contributed by atoms with Gasteiger partial charge in [-0.25, -0.2) is 0 Å². The van der Waals surface area contributed by atoms with Crippen LogP contribution in [0.2, 0.25) is 0 Å². The molecule has 1 aromatic rings. The van der Waals surface area contributed by atoms with Crippen LogP contribution in [0.5, 0.6) is 0 Å². The number of carboxylic acid groups (broad SMARTS) is 1. The normalized spacial score (nSPS) is 11.9. The Morgan fingerprint density at radius 2 is 2.12 bits per heavy atom. The number of carboxylic acids is 1. The van der Waals surface area contributed by atoms with E-state index in [0.29, 0.717) is 10.0 Å². The van der Waals surface area contributed by atoms with Crippen molar-refractivity contribution in [3.63, 3.8) is 0 Å². The summed E-state index contributed by atoms with van der Waals surface area (Å²) in [5, 5.41) is 11.3. The van der Waals surface area contributed by atoms with Crippen molar-refractivity contribution in [1.29, 1.82) is 0 Å². The summed E-state index contributed by atoms with van der Waals surface area (Å²) in [5.74, 6) is -1.79. The number of carbonyl (C=O) groups excluding carboxylic acids is 1. The number of aryl methyl sites for hydroxylation is 1. The van der Waals surface area contributed by atoms with Gasteiger partial charge in [-0.15, -0.1) is 0 Å². The predicted octanol–water partition coefficient (Wildman–Crippen LogP) is 2.21. The molecule has 0 aliphatic carbocycles. The van der Waals surface area contributed by atoms with E-state index in [1.807, 2.05) is 19.1 Å². The van der Waals surface area contributed by atoms with Crippen molar-refractivity contribution in [1.82, 2.24) is 5.32 Å². The first-order valence-corrected chi connectivity index (χ1v) is 5.98. The van der Waals surface area contributed by atoms with Gasteiger partial charge in [0.25, 0.3) is 5.91 Å². The van der Waals surface area contributed by atoms with Crippen LogP contribution in [0.3, 0.4) is 0 Å². The lowest BCUT2D eigenvalue weighted by molar-refractivity contribution is -0.140. The van der Waals surface area contributed by atoms with Gasteiger partial charge in [0.2, 0.25) is 0 Å². The van der Waals surface area contributed by atoms with E-state index >= 15 is 0 Å². The van der Waals surface area contributed by atoms with Crippen molar-refractivity contribution in [2.24, 2.45) is 5.92 Å². The molecule has 2 N–H and O–H groups in total. The molecule has 0 saturated heterocycles. The lowest BCUT2D eigenvalue weighted by Gasteiger charge is -2.09. The minimum absolute atomic E-state index is 0.120. The first-order valence-electron chi connectivity index (χ1n) is 5.19. The van der Waals surface area contributed by atoms with Gasteiger partial charge in [0.15, 0.2) is 0 Å². The third kappa shape index (κ3) is 3.85. The number of aliphatic carboxylic acids is 1. The van der Waals surface area contributed by atoms with E-state index in [0.717, 1.165) is 5.56 Å². The first kappa shape index (κ1) is 13.7. The van der Waals surface area contributed by atoms with Gasteiger partial charge >= 0.3 is 5.97 Å². The summed E-state index contributed by atoms with van der Waals surface area (Å²) in [5.41, 5.74) is 1.56. The van der Waals surface area contributed by atoms with E-state index < -0.39 is 11.9 Å². The molecule has 17 heavy (non-hydrogen) atoms. The van der Waals surface area contributed by atoms with Gasteiger partial charge in [-0.2, -0.15) is 0 Å². The van der Waals surface area contributed by atoms with Crippen molar-refractivity contribution in [2.45, 2.75) is 13.8 Å². The summed E-state index contributed by atoms with van der Waals surface area (Å²) in [7, 11) is 0. The van der Waals surface area contributed by atoms with Gasteiger partial charge in [0.05, 0.1) is 11.5 Å². The maximum absolute atomic E-state index is 11.8.